The van der Waals surface area contributed by atoms with Crippen molar-refractivity contribution in [3.8, 4) is 5.75 Å². The second-order valence-corrected chi connectivity index (χ2v) is 9.41. The van der Waals surface area contributed by atoms with Crippen molar-refractivity contribution in [3.63, 3.8) is 0 Å². The molecule has 0 aliphatic carbocycles. The van der Waals surface area contributed by atoms with Gasteiger partial charge in [-0.25, -0.2) is 4.79 Å². The van der Waals surface area contributed by atoms with E-state index in [1.165, 1.54) is 83.5 Å². The number of hydrogen-bond donors (Lipinski definition) is 0. The molecule has 0 saturated carbocycles. The van der Waals surface area contributed by atoms with Crippen molar-refractivity contribution in [2.24, 2.45) is 10.2 Å². The quantitative estimate of drug-likeness (QED) is 0.104. The van der Waals surface area contributed by atoms with E-state index in [0.717, 1.165) is 24.5 Å². The predicted octanol–water partition coefficient (Wildman–Crippen LogP) is 10.1. The fraction of sp³-hybridized carbons (Fsp3) is 0.581. The van der Waals surface area contributed by atoms with Crippen LogP contribution in [0.2, 0.25) is 0 Å². The van der Waals surface area contributed by atoms with Crippen LogP contribution in [-0.2, 0) is 4.74 Å². The van der Waals surface area contributed by atoms with Crippen molar-refractivity contribution in [1.29, 1.82) is 0 Å². The highest BCUT2D eigenvalue weighted by molar-refractivity contribution is 5.89. The zero-order valence-electron chi connectivity index (χ0n) is 22.6. The maximum Gasteiger partial charge on any atom is 0.338 e. The Hall–Kier alpha value is -2.69. The highest BCUT2D eigenvalue weighted by atomic mass is 16.5. The van der Waals surface area contributed by atoms with E-state index in [2.05, 4.69) is 17.2 Å². The van der Waals surface area contributed by atoms with Crippen LogP contribution < -0.4 is 4.74 Å². The summed E-state index contributed by atoms with van der Waals surface area (Å²) in [4.78, 5) is 11.7. The molecule has 0 atom stereocenters. The van der Waals surface area contributed by atoms with Gasteiger partial charge in [0.1, 0.15) is 5.75 Å². The van der Waals surface area contributed by atoms with Crippen molar-refractivity contribution in [1.82, 2.24) is 0 Å². The number of unbranched alkanes of at least 4 members (excludes halogenated alkanes) is 13. The van der Waals surface area contributed by atoms with Gasteiger partial charge in [-0.05, 0) is 61.9 Å². The molecule has 0 unspecified atom stereocenters. The standard InChI is InChI=1S/C31H46N2O3/c1-3-5-6-7-8-9-10-11-12-13-14-15-16-17-26-36-30-24-22-29(23-25-30)33-32-28-20-18-27(19-21-28)31(34)35-4-2/h18-25H,3-17,26H2,1-2H3. The van der Waals surface area contributed by atoms with E-state index in [9.17, 15) is 4.79 Å². The maximum absolute atomic E-state index is 11.7. The fourth-order valence-corrected chi connectivity index (χ4v) is 4.09. The monoisotopic (exact) mass is 494 g/mol. The normalized spacial score (nSPS) is 11.2. The molecular weight excluding hydrogens is 448 g/mol. The van der Waals surface area contributed by atoms with Crippen LogP contribution in [0.25, 0.3) is 0 Å². The summed E-state index contributed by atoms with van der Waals surface area (Å²) in [7, 11) is 0. The molecule has 0 bridgehead atoms. The Kier molecular flexibility index (Phi) is 16.0. The van der Waals surface area contributed by atoms with Gasteiger partial charge in [-0.3, -0.25) is 0 Å². The molecule has 2 rings (SSSR count). The first-order valence-electron chi connectivity index (χ1n) is 14.1. The minimum absolute atomic E-state index is 0.328. The van der Waals surface area contributed by atoms with Gasteiger partial charge >= 0.3 is 5.97 Å². The average molecular weight is 495 g/mol. The molecule has 36 heavy (non-hydrogen) atoms. The van der Waals surface area contributed by atoms with Crippen molar-refractivity contribution in [3.05, 3.63) is 54.1 Å². The first kappa shape index (κ1) is 29.5. The molecule has 0 aliphatic rings. The number of nitrogens with zero attached hydrogens (tertiary/aromatic N) is 2. The number of esters is 1. The topological polar surface area (TPSA) is 60.2 Å². The van der Waals surface area contributed by atoms with Crippen LogP contribution in [0.4, 0.5) is 11.4 Å². The molecule has 0 fully saturated rings. The lowest BCUT2D eigenvalue weighted by Crippen LogP contribution is -2.03. The third-order valence-electron chi connectivity index (χ3n) is 6.26. The number of ether oxygens (including phenoxy) is 2. The summed E-state index contributed by atoms with van der Waals surface area (Å²) in [6.07, 6.45) is 19.1. The highest BCUT2D eigenvalue weighted by Gasteiger charge is 2.05. The van der Waals surface area contributed by atoms with E-state index in [-0.39, 0.29) is 5.97 Å². The van der Waals surface area contributed by atoms with Gasteiger partial charge in [0, 0.05) is 0 Å². The molecule has 5 heteroatoms. The van der Waals surface area contributed by atoms with Gasteiger partial charge < -0.3 is 9.47 Å². The van der Waals surface area contributed by atoms with Crippen LogP contribution >= 0.6 is 0 Å². The van der Waals surface area contributed by atoms with Crippen molar-refractivity contribution >= 4 is 17.3 Å². The largest absolute Gasteiger partial charge is 0.494 e. The Morgan fingerprint density at radius 3 is 1.53 bits per heavy atom. The SMILES string of the molecule is CCCCCCCCCCCCCCCCOc1ccc(N=Nc2ccc(C(=O)OCC)cc2)cc1. The van der Waals surface area contributed by atoms with E-state index in [0.29, 0.717) is 17.9 Å². The summed E-state index contributed by atoms with van der Waals surface area (Å²) < 4.78 is 10.9. The third kappa shape index (κ3) is 13.4. The number of rotatable bonds is 20. The minimum atomic E-state index is -0.328. The van der Waals surface area contributed by atoms with Crippen molar-refractivity contribution in [2.45, 2.75) is 104 Å². The molecule has 5 nitrogen and oxygen atoms in total. The summed E-state index contributed by atoms with van der Waals surface area (Å²) in [6.45, 7) is 5.18. The number of azo groups is 1. The highest BCUT2D eigenvalue weighted by Crippen LogP contribution is 2.22. The van der Waals surface area contributed by atoms with Crippen LogP contribution in [0, 0.1) is 0 Å². The summed E-state index contributed by atoms with van der Waals surface area (Å²) in [5.74, 6) is 0.535. The molecule has 198 valence electrons. The van der Waals surface area contributed by atoms with Crippen LogP contribution in [0.5, 0.6) is 5.75 Å². The summed E-state index contributed by atoms with van der Waals surface area (Å²) in [5, 5.41) is 8.49. The molecule has 0 spiro atoms. The van der Waals surface area contributed by atoms with Gasteiger partial charge in [-0.1, -0.05) is 90.4 Å². The smallest absolute Gasteiger partial charge is 0.338 e. The van der Waals surface area contributed by atoms with E-state index in [4.69, 9.17) is 9.47 Å². The molecule has 0 N–H and O–H groups in total. The Balaban J connectivity index is 1.50. The van der Waals surface area contributed by atoms with Crippen LogP contribution in [0.1, 0.15) is 114 Å². The molecular formula is C31H46N2O3. The molecule has 0 aromatic heterocycles. The summed E-state index contributed by atoms with van der Waals surface area (Å²) in [6, 6.07) is 14.6. The Labute approximate surface area is 218 Å². The van der Waals surface area contributed by atoms with Gasteiger partial charge in [0.05, 0.1) is 30.2 Å². The minimum Gasteiger partial charge on any atom is -0.494 e. The van der Waals surface area contributed by atoms with E-state index >= 15 is 0 Å². The number of carbonyl (C=O) groups is 1. The van der Waals surface area contributed by atoms with E-state index < -0.39 is 0 Å². The van der Waals surface area contributed by atoms with Crippen LogP contribution in [0.15, 0.2) is 58.8 Å². The molecule has 0 aliphatic heterocycles. The van der Waals surface area contributed by atoms with Gasteiger partial charge in [-0.15, -0.1) is 0 Å². The molecule has 0 radical (unpaired) electrons. The fourth-order valence-electron chi connectivity index (χ4n) is 4.09. The second kappa shape index (κ2) is 19.5. The predicted molar refractivity (Wildman–Crippen MR) is 149 cm³/mol. The maximum atomic E-state index is 11.7. The molecule has 0 amide bonds. The molecule has 0 heterocycles. The first-order chi connectivity index (χ1) is 17.7. The average Bonchev–Trinajstić information content (AvgIpc) is 2.91. The lowest BCUT2D eigenvalue weighted by molar-refractivity contribution is 0.0526. The Morgan fingerprint density at radius 2 is 1.06 bits per heavy atom. The Morgan fingerprint density at radius 1 is 0.611 bits per heavy atom. The lowest BCUT2D eigenvalue weighted by Gasteiger charge is -2.06. The zero-order valence-corrected chi connectivity index (χ0v) is 22.6. The zero-order chi connectivity index (χ0) is 25.7. The number of benzene rings is 2. The number of carbonyl (C=O) groups excluding carboxylic acids is 1. The van der Waals surface area contributed by atoms with Gasteiger partial charge in [0.15, 0.2) is 0 Å². The lowest BCUT2D eigenvalue weighted by atomic mass is 10.0. The Bertz CT molecular complexity index is 847. The molecule has 2 aromatic rings. The number of hydrogen-bond acceptors (Lipinski definition) is 5. The van der Waals surface area contributed by atoms with Crippen LogP contribution in [0.3, 0.4) is 0 Å². The molecule has 2 aromatic carbocycles. The summed E-state index contributed by atoms with van der Waals surface area (Å²) >= 11 is 0. The summed E-state index contributed by atoms with van der Waals surface area (Å²) in [5.41, 5.74) is 1.95. The van der Waals surface area contributed by atoms with Crippen molar-refractivity contribution in [2.75, 3.05) is 13.2 Å². The second-order valence-electron chi connectivity index (χ2n) is 9.41. The third-order valence-corrected chi connectivity index (χ3v) is 6.26. The van der Waals surface area contributed by atoms with Crippen LogP contribution in [-0.4, -0.2) is 19.2 Å². The van der Waals surface area contributed by atoms with E-state index in [1.54, 1.807) is 31.2 Å². The van der Waals surface area contributed by atoms with Gasteiger partial charge in [0.2, 0.25) is 0 Å². The van der Waals surface area contributed by atoms with E-state index in [1.807, 2.05) is 24.3 Å². The molecule has 0 saturated heterocycles. The first-order valence-corrected chi connectivity index (χ1v) is 14.1. The van der Waals surface area contributed by atoms with Crippen molar-refractivity contribution < 1.29 is 14.3 Å². The van der Waals surface area contributed by atoms with Gasteiger partial charge in [0.25, 0.3) is 0 Å². The van der Waals surface area contributed by atoms with Gasteiger partial charge in [-0.2, -0.15) is 10.2 Å².